The van der Waals surface area contributed by atoms with Gasteiger partial charge in [0.2, 0.25) is 11.6 Å². The molecule has 2 aliphatic rings. The highest BCUT2D eigenvalue weighted by Crippen LogP contribution is 2.59. The first-order valence-corrected chi connectivity index (χ1v) is 11.6. The average molecular weight is 357 g/mol. The molecule has 0 bridgehead atoms. The predicted molar refractivity (Wildman–Crippen MR) is 86.4 cm³/mol. The lowest BCUT2D eigenvalue weighted by molar-refractivity contribution is -0.317. The number of nitrogens with zero attached hydrogens (tertiary/aromatic N) is 1. The number of amides is 1. The van der Waals surface area contributed by atoms with E-state index in [2.05, 4.69) is 0 Å². The van der Waals surface area contributed by atoms with E-state index in [1.165, 1.54) is 0 Å². The summed E-state index contributed by atoms with van der Waals surface area (Å²) in [5, 5.41) is 0. The number of carbonyl (C=O) groups excluding carboxylic acids is 1. The molecule has 3 atom stereocenters. The molecule has 24 heavy (non-hydrogen) atoms. The maximum atomic E-state index is 14.2. The van der Waals surface area contributed by atoms with Gasteiger partial charge in [-0.1, -0.05) is 30.3 Å². The van der Waals surface area contributed by atoms with Crippen LogP contribution in [0.2, 0.25) is 19.6 Å². The Morgan fingerprint density at radius 1 is 1.21 bits per heavy atom. The Balaban J connectivity index is 2.06. The van der Waals surface area contributed by atoms with E-state index in [-0.39, 0.29) is 6.54 Å². The van der Waals surface area contributed by atoms with Crippen molar-refractivity contribution in [3.63, 3.8) is 0 Å². The number of carbonyl (C=O) groups is 1. The first kappa shape index (κ1) is 17.5. The zero-order valence-electron chi connectivity index (χ0n) is 14.1. The maximum absolute atomic E-state index is 14.2. The van der Waals surface area contributed by atoms with Crippen molar-refractivity contribution in [1.82, 2.24) is 4.90 Å². The molecule has 0 aromatic heterocycles. The van der Waals surface area contributed by atoms with Crippen LogP contribution in [0.5, 0.6) is 0 Å². The molecule has 1 saturated carbocycles. The standard InChI is InChI=1S/C17H22F3NO2Si/c1-24(2,3)23-16(17(18,19)20)14-10-9-13(14)15(22)21(16)11-12-7-5-4-6-8-12/h4-8,13-14H,9-11H2,1-3H3. The van der Waals surface area contributed by atoms with E-state index < -0.39 is 38.0 Å². The lowest BCUT2D eigenvalue weighted by Gasteiger charge is -2.48. The fourth-order valence-electron chi connectivity index (χ4n) is 3.81. The van der Waals surface area contributed by atoms with E-state index in [0.29, 0.717) is 18.4 Å². The van der Waals surface area contributed by atoms with Gasteiger partial charge in [-0.15, -0.1) is 0 Å². The summed E-state index contributed by atoms with van der Waals surface area (Å²) >= 11 is 0. The Kier molecular flexibility index (Phi) is 4.07. The zero-order chi connectivity index (χ0) is 17.8. The lowest BCUT2D eigenvalue weighted by atomic mass is 9.71. The molecule has 1 saturated heterocycles. The number of fused-ring (bicyclic) bond motifs is 1. The third-order valence-electron chi connectivity index (χ3n) is 4.81. The smallest absolute Gasteiger partial charge is 0.388 e. The first-order valence-electron chi connectivity index (χ1n) is 8.18. The monoisotopic (exact) mass is 357 g/mol. The quantitative estimate of drug-likeness (QED) is 0.757. The molecule has 0 spiro atoms. The van der Waals surface area contributed by atoms with Gasteiger partial charge in [-0.2, -0.15) is 13.2 Å². The zero-order valence-corrected chi connectivity index (χ0v) is 15.1. The van der Waals surface area contributed by atoms with Crippen molar-refractivity contribution >= 4 is 14.2 Å². The van der Waals surface area contributed by atoms with Crippen LogP contribution in [0.1, 0.15) is 18.4 Å². The number of benzene rings is 1. The van der Waals surface area contributed by atoms with Crippen LogP contribution in [0.25, 0.3) is 0 Å². The largest absolute Gasteiger partial charge is 0.436 e. The molecule has 7 heteroatoms. The van der Waals surface area contributed by atoms with Crippen molar-refractivity contribution in [2.45, 2.75) is 50.9 Å². The van der Waals surface area contributed by atoms with Crippen LogP contribution in [0.3, 0.4) is 0 Å². The van der Waals surface area contributed by atoms with E-state index in [9.17, 15) is 18.0 Å². The average Bonchev–Trinajstić information content (AvgIpc) is 2.55. The van der Waals surface area contributed by atoms with Crippen molar-refractivity contribution in [3.8, 4) is 0 Å². The summed E-state index contributed by atoms with van der Waals surface area (Å²) in [5.41, 5.74) is -1.80. The van der Waals surface area contributed by atoms with E-state index in [0.717, 1.165) is 4.90 Å². The normalized spacial score (nSPS) is 30.2. The molecule has 132 valence electrons. The SMILES string of the molecule is C[Si](C)(C)OC1(C(F)(F)F)C2CCC2C(=O)N1Cc1ccccc1. The Labute approximate surface area is 140 Å². The lowest BCUT2D eigenvalue weighted by Crippen LogP contribution is -2.65. The number of hydrogen-bond acceptors (Lipinski definition) is 2. The molecule has 1 aromatic carbocycles. The molecular weight excluding hydrogens is 335 g/mol. The van der Waals surface area contributed by atoms with Gasteiger partial charge in [-0.3, -0.25) is 4.79 Å². The highest BCUT2D eigenvalue weighted by Gasteiger charge is 2.75. The van der Waals surface area contributed by atoms with Gasteiger partial charge in [0.05, 0.1) is 0 Å². The number of rotatable bonds is 4. The van der Waals surface area contributed by atoms with Gasteiger partial charge in [0, 0.05) is 18.4 Å². The Morgan fingerprint density at radius 2 is 1.83 bits per heavy atom. The number of likely N-dealkylation sites (tertiary alicyclic amines) is 1. The van der Waals surface area contributed by atoms with Gasteiger partial charge < -0.3 is 9.33 Å². The van der Waals surface area contributed by atoms with Crippen LogP contribution in [0.4, 0.5) is 13.2 Å². The summed E-state index contributed by atoms with van der Waals surface area (Å²) in [6.07, 6.45) is -3.72. The fourth-order valence-corrected chi connectivity index (χ4v) is 5.12. The van der Waals surface area contributed by atoms with Gasteiger partial charge in [0.25, 0.3) is 0 Å². The van der Waals surface area contributed by atoms with Crippen molar-refractivity contribution in [2.75, 3.05) is 0 Å². The Bertz CT molecular complexity index is 629. The fraction of sp³-hybridized carbons (Fsp3) is 0.588. The highest BCUT2D eigenvalue weighted by atomic mass is 28.4. The molecule has 1 aliphatic heterocycles. The molecular formula is C17H22F3NO2Si. The molecule has 1 aromatic rings. The van der Waals surface area contributed by atoms with Crippen LogP contribution in [0, 0.1) is 11.8 Å². The van der Waals surface area contributed by atoms with Gasteiger partial charge in [-0.05, 0) is 38.0 Å². The van der Waals surface area contributed by atoms with E-state index >= 15 is 0 Å². The van der Waals surface area contributed by atoms with Crippen LogP contribution in [0.15, 0.2) is 30.3 Å². The summed E-state index contributed by atoms with van der Waals surface area (Å²) in [5.74, 6) is -1.78. The van der Waals surface area contributed by atoms with E-state index in [1.807, 2.05) is 0 Å². The van der Waals surface area contributed by atoms with Gasteiger partial charge in [0.15, 0.2) is 8.32 Å². The third kappa shape index (κ3) is 2.67. The maximum Gasteiger partial charge on any atom is 0.436 e. The highest BCUT2D eigenvalue weighted by molar-refractivity contribution is 6.69. The van der Waals surface area contributed by atoms with Crippen molar-refractivity contribution < 1.29 is 22.4 Å². The molecule has 1 heterocycles. The van der Waals surface area contributed by atoms with Crippen LogP contribution < -0.4 is 0 Å². The van der Waals surface area contributed by atoms with Crippen molar-refractivity contribution in [3.05, 3.63) is 35.9 Å². The Hall–Kier alpha value is -1.34. The van der Waals surface area contributed by atoms with Crippen molar-refractivity contribution in [2.24, 2.45) is 11.8 Å². The van der Waals surface area contributed by atoms with Crippen LogP contribution >= 0.6 is 0 Å². The van der Waals surface area contributed by atoms with Gasteiger partial charge >= 0.3 is 6.18 Å². The summed E-state index contributed by atoms with van der Waals surface area (Å²) in [6, 6.07) is 8.80. The van der Waals surface area contributed by atoms with Crippen LogP contribution in [-0.4, -0.2) is 31.0 Å². The van der Waals surface area contributed by atoms with Gasteiger partial charge in [-0.25, -0.2) is 0 Å². The summed E-state index contributed by atoms with van der Waals surface area (Å²) in [7, 11) is -2.54. The molecule has 3 rings (SSSR count). The van der Waals surface area contributed by atoms with E-state index in [1.54, 1.807) is 50.0 Å². The summed E-state index contributed by atoms with van der Waals surface area (Å²) in [4.78, 5) is 13.6. The molecule has 0 N–H and O–H groups in total. The molecule has 3 nitrogen and oxygen atoms in total. The summed E-state index contributed by atoms with van der Waals surface area (Å²) < 4.78 is 48.5. The van der Waals surface area contributed by atoms with Crippen LogP contribution in [-0.2, 0) is 15.8 Å². The second-order valence-corrected chi connectivity index (χ2v) is 12.0. The first-order chi connectivity index (χ1) is 11.1. The number of alkyl halides is 3. The molecule has 1 amide bonds. The minimum Gasteiger partial charge on any atom is -0.388 e. The molecule has 3 unspecified atom stereocenters. The minimum absolute atomic E-state index is 0.0728. The molecule has 1 aliphatic carbocycles. The molecule has 0 radical (unpaired) electrons. The number of halogens is 3. The Morgan fingerprint density at radius 3 is 2.29 bits per heavy atom. The summed E-state index contributed by atoms with van der Waals surface area (Å²) in [6.45, 7) is 5.13. The third-order valence-corrected chi connectivity index (χ3v) is 5.74. The second kappa shape index (κ2) is 5.59. The topological polar surface area (TPSA) is 29.5 Å². The predicted octanol–water partition coefficient (Wildman–Crippen LogP) is 4.17. The number of hydrogen-bond donors (Lipinski definition) is 0. The van der Waals surface area contributed by atoms with Gasteiger partial charge in [0.1, 0.15) is 0 Å². The van der Waals surface area contributed by atoms with Crippen molar-refractivity contribution in [1.29, 1.82) is 0 Å². The van der Waals surface area contributed by atoms with E-state index in [4.69, 9.17) is 4.43 Å². The molecule has 2 fully saturated rings. The minimum atomic E-state index is -4.61. The second-order valence-electron chi connectivity index (χ2n) is 7.61.